The fraction of sp³-hybridized carbons (Fsp3) is 0.364. The van der Waals surface area contributed by atoms with Gasteiger partial charge in [-0.3, -0.25) is 0 Å². The molecule has 1 aromatic carbocycles. The molecule has 0 aliphatic heterocycles. The van der Waals surface area contributed by atoms with E-state index in [9.17, 15) is 22.0 Å². The number of carbonyl (C=O) groups is 1. The minimum Gasteiger partial charge on any atom is -0.478 e. The van der Waals surface area contributed by atoms with E-state index in [-0.39, 0.29) is 10.5 Å². The Morgan fingerprint density at radius 2 is 1.80 bits per heavy atom. The van der Waals surface area contributed by atoms with Gasteiger partial charge in [-0.1, -0.05) is 0 Å². The second kappa shape index (κ2) is 6.73. The van der Waals surface area contributed by atoms with Crippen LogP contribution in [0.1, 0.15) is 10.4 Å². The van der Waals surface area contributed by atoms with Crippen LogP contribution < -0.4 is 0 Å². The largest absolute Gasteiger partial charge is 0.478 e. The number of halogens is 2. The zero-order valence-corrected chi connectivity index (χ0v) is 11.1. The number of rotatable bonds is 7. The zero-order chi connectivity index (χ0) is 15.3. The highest BCUT2D eigenvalue weighted by atomic mass is 32.2. The van der Waals surface area contributed by atoms with Crippen molar-refractivity contribution in [2.75, 3.05) is 19.7 Å². The number of hydrogen-bond donors (Lipinski definition) is 2. The summed E-state index contributed by atoms with van der Waals surface area (Å²) in [7, 11) is -4.20. The number of carboxylic acid groups (broad SMARTS) is 1. The predicted octanol–water partition coefficient (Wildman–Crippen LogP) is 0.633. The number of hydrogen-bond acceptors (Lipinski definition) is 4. The number of aromatic carboxylic acids is 1. The minimum atomic E-state index is -4.20. The Hall–Kier alpha value is -1.58. The molecule has 0 bridgehead atoms. The van der Waals surface area contributed by atoms with Gasteiger partial charge < -0.3 is 10.2 Å². The van der Waals surface area contributed by atoms with Crippen molar-refractivity contribution in [2.45, 2.75) is 11.3 Å². The summed E-state index contributed by atoms with van der Waals surface area (Å²) in [6, 6.07) is 4.17. The highest BCUT2D eigenvalue weighted by Crippen LogP contribution is 2.17. The fourth-order valence-corrected chi connectivity index (χ4v) is 2.90. The van der Waals surface area contributed by atoms with E-state index in [1.54, 1.807) is 0 Å². The van der Waals surface area contributed by atoms with Gasteiger partial charge in [-0.25, -0.2) is 22.0 Å². The second-order valence-electron chi connectivity index (χ2n) is 3.81. The van der Waals surface area contributed by atoms with Gasteiger partial charge in [0.2, 0.25) is 10.0 Å². The lowest BCUT2D eigenvalue weighted by molar-refractivity contribution is 0.0696. The van der Waals surface area contributed by atoms with Crippen molar-refractivity contribution in [1.29, 1.82) is 0 Å². The summed E-state index contributed by atoms with van der Waals surface area (Å²) in [5.41, 5.74) is -0.119. The van der Waals surface area contributed by atoms with Crippen LogP contribution >= 0.6 is 0 Å². The third-order valence-corrected chi connectivity index (χ3v) is 4.31. The second-order valence-corrected chi connectivity index (χ2v) is 5.75. The van der Waals surface area contributed by atoms with Gasteiger partial charge in [0.05, 0.1) is 23.6 Å². The average molecular weight is 309 g/mol. The van der Waals surface area contributed by atoms with Crippen LogP contribution in [0.5, 0.6) is 0 Å². The summed E-state index contributed by atoms with van der Waals surface area (Å²) < 4.78 is 49.3. The first-order valence-electron chi connectivity index (χ1n) is 5.51. The van der Waals surface area contributed by atoms with E-state index in [0.29, 0.717) is 4.31 Å². The number of nitrogens with zero attached hydrogens (tertiary/aromatic N) is 1. The van der Waals surface area contributed by atoms with Gasteiger partial charge in [-0.2, -0.15) is 4.31 Å². The summed E-state index contributed by atoms with van der Waals surface area (Å²) in [6.07, 6.45) is -2.88. The standard InChI is InChI=1S/C11H13F2NO5S/c12-10(13)7-14(5-6-15)20(18,19)9-3-1-8(2-4-9)11(16)17/h1-4,10,15H,5-7H2,(H,16,17). The lowest BCUT2D eigenvalue weighted by Gasteiger charge is -2.20. The van der Waals surface area contributed by atoms with Crippen molar-refractivity contribution in [3.8, 4) is 0 Å². The van der Waals surface area contributed by atoms with Crippen molar-refractivity contribution in [3.05, 3.63) is 29.8 Å². The zero-order valence-electron chi connectivity index (χ0n) is 10.2. The van der Waals surface area contributed by atoms with Crippen LogP contribution in [0.4, 0.5) is 8.78 Å². The highest BCUT2D eigenvalue weighted by Gasteiger charge is 2.26. The summed E-state index contributed by atoms with van der Waals surface area (Å²) in [5, 5.41) is 17.4. The Bertz CT molecular complexity index is 559. The highest BCUT2D eigenvalue weighted by molar-refractivity contribution is 7.89. The topological polar surface area (TPSA) is 94.9 Å². The molecule has 0 amide bonds. The molecule has 9 heteroatoms. The van der Waals surface area contributed by atoms with Crippen molar-refractivity contribution >= 4 is 16.0 Å². The van der Waals surface area contributed by atoms with Gasteiger partial charge in [0.25, 0.3) is 6.43 Å². The van der Waals surface area contributed by atoms with Crippen LogP contribution in [-0.4, -0.2) is 55.0 Å². The SMILES string of the molecule is O=C(O)c1ccc(S(=O)(=O)N(CCO)CC(F)F)cc1. The molecule has 0 saturated carbocycles. The van der Waals surface area contributed by atoms with E-state index in [0.717, 1.165) is 24.3 Å². The van der Waals surface area contributed by atoms with E-state index in [1.165, 1.54) is 0 Å². The lowest BCUT2D eigenvalue weighted by atomic mass is 10.2. The molecule has 0 heterocycles. The number of carboxylic acids is 1. The first-order valence-corrected chi connectivity index (χ1v) is 6.95. The molecule has 0 fully saturated rings. The molecule has 0 spiro atoms. The first kappa shape index (κ1) is 16.5. The molecule has 112 valence electrons. The summed E-state index contributed by atoms with van der Waals surface area (Å²) in [5.74, 6) is -1.23. The molecule has 0 radical (unpaired) electrons. The maximum atomic E-state index is 12.4. The van der Waals surface area contributed by atoms with E-state index in [2.05, 4.69) is 0 Å². The summed E-state index contributed by atoms with van der Waals surface area (Å²) in [4.78, 5) is 10.3. The van der Waals surface area contributed by atoms with E-state index < -0.39 is 42.1 Å². The molecule has 1 aromatic rings. The van der Waals surface area contributed by atoms with Crippen LogP contribution in [0.15, 0.2) is 29.2 Å². The maximum absolute atomic E-state index is 12.4. The van der Waals surface area contributed by atoms with Gasteiger partial charge in [0.15, 0.2) is 0 Å². The summed E-state index contributed by atoms with van der Waals surface area (Å²) in [6.45, 7) is -2.10. The molecule has 20 heavy (non-hydrogen) atoms. The van der Waals surface area contributed by atoms with E-state index >= 15 is 0 Å². The normalized spacial score (nSPS) is 12.1. The van der Waals surface area contributed by atoms with Gasteiger partial charge in [0.1, 0.15) is 0 Å². The molecular formula is C11H13F2NO5S. The van der Waals surface area contributed by atoms with Crippen molar-refractivity contribution in [1.82, 2.24) is 4.31 Å². The van der Waals surface area contributed by atoms with Crippen molar-refractivity contribution < 1.29 is 32.2 Å². The Labute approximate surface area is 114 Å². The minimum absolute atomic E-state index is 0.119. The smallest absolute Gasteiger partial charge is 0.335 e. The first-order chi connectivity index (χ1) is 9.28. The average Bonchev–Trinajstić information content (AvgIpc) is 2.37. The van der Waals surface area contributed by atoms with E-state index in [4.69, 9.17) is 10.2 Å². The number of aliphatic hydroxyl groups is 1. The van der Waals surface area contributed by atoms with Gasteiger partial charge >= 0.3 is 5.97 Å². The third-order valence-electron chi connectivity index (χ3n) is 2.43. The molecular weight excluding hydrogens is 296 g/mol. The van der Waals surface area contributed by atoms with Crippen LogP contribution in [0, 0.1) is 0 Å². The molecule has 0 aliphatic rings. The quantitative estimate of drug-likeness (QED) is 0.770. The monoisotopic (exact) mass is 309 g/mol. The Morgan fingerprint density at radius 3 is 2.20 bits per heavy atom. The van der Waals surface area contributed by atoms with Crippen LogP contribution in [0.3, 0.4) is 0 Å². The van der Waals surface area contributed by atoms with Crippen LogP contribution in [-0.2, 0) is 10.0 Å². The lowest BCUT2D eigenvalue weighted by Crippen LogP contribution is -2.37. The summed E-state index contributed by atoms with van der Waals surface area (Å²) >= 11 is 0. The molecule has 0 atom stereocenters. The molecule has 2 N–H and O–H groups in total. The number of sulfonamides is 1. The Morgan fingerprint density at radius 1 is 1.25 bits per heavy atom. The van der Waals surface area contributed by atoms with Crippen LogP contribution in [0.25, 0.3) is 0 Å². The Balaban J connectivity index is 3.08. The van der Waals surface area contributed by atoms with Crippen molar-refractivity contribution in [3.63, 3.8) is 0 Å². The predicted molar refractivity (Wildman–Crippen MR) is 65.2 cm³/mol. The Kier molecular flexibility index (Phi) is 5.54. The van der Waals surface area contributed by atoms with Crippen LogP contribution in [0.2, 0.25) is 0 Å². The van der Waals surface area contributed by atoms with Gasteiger partial charge in [0, 0.05) is 6.54 Å². The molecule has 6 nitrogen and oxygen atoms in total. The molecule has 1 rings (SSSR count). The molecule has 0 aromatic heterocycles. The maximum Gasteiger partial charge on any atom is 0.335 e. The fourth-order valence-electron chi connectivity index (χ4n) is 1.49. The third kappa shape index (κ3) is 3.95. The number of aliphatic hydroxyl groups excluding tert-OH is 1. The number of benzene rings is 1. The number of alkyl halides is 2. The van der Waals surface area contributed by atoms with Crippen molar-refractivity contribution in [2.24, 2.45) is 0 Å². The molecule has 0 aliphatic carbocycles. The molecule has 0 saturated heterocycles. The molecule has 0 unspecified atom stereocenters. The van der Waals surface area contributed by atoms with Gasteiger partial charge in [-0.05, 0) is 24.3 Å². The van der Waals surface area contributed by atoms with Gasteiger partial charge in [-0.15, -0.1) is 0 Å². The van der Waals surface area contributed by atoms with E-state index in [1.807, 2.05) is 0 Å².